The van der Waals surface area contributed by atoms with Gasteiger partial charge < -0.3 is 10.1 Å². The predicted octanol–water partition coefficient (Wildman–Crippen LogP) is 1.14. The van der Waals surface area contributed by atoms with Gasteiger partial charge in [0.2, 0.25) is 0 Å². The fraction of sp³-hybridized carbons (Fsp3) is 0.500. The Kier molecular flexibility index (Phi) is 1.85. The first-order chi connectivity index (χ1) is 6.88. The Morgan fingerprint density at radius 1 is 1.14 bits per heavy atom. The van der Waals surface area contributed by atoms with E-state index in [1.807, 2.05) is 0 Å². The van der Waals surface area contributed by atoms with E-state index in [0.717, 1.165) is 32.5 Å². The first-order valence-corrected chi connectivity index (χ1v) is 5.30. The minimum atomic E-state index is 0.0714. The van der Waals surface area contributed by atoms with E-state index in [4.69, 9.17) is 4.74 Å². The van der Waals surface area contributed by atoms with Crippen LogP contribution in [0.15, 0.2) is 24.3 Å². The first-order valence-electron chi connectivity index (χ1n) is 5.30. The Morgan fingerprint density at radius 2 is 1.86 bits per heavy atom. The van der Waals surface area contributed by atoms with E-state index in [0.29, 0.717) is 0 Å². The highest BCUT2D eigenvalue weighted by molar-refractivity contribution is 5.35. The maximum Gasteiger partial charge on any atom is 0.0887 e. The molecule has 1 N–H and O–H groups in total. The van der Waals surface area contributed by atoms with Gasteiger partial charge in [-0.3, -0.25) is 0 Å². The molecule has 0 radical (unpaired) electrons. The second-order valence-electron chi connectivity index (χ2n) is 4.33. The summed E-state index contributed by atoms with van der Waals surface area (Å²) in [6.45, 7) is 2.85. The highest BCUT2D eigenvalue weighted by Crippen LogP contribution is 2.33. The van der Waals surface area contributed by atoms with Crippen molar-refractivity contribution in [3.63, 3.8) is 0 Å². The van der Waals surface area contributed by atoms with Crippen LogP contribution in [0.5, 0.6) is 0 Å². The number of hydrogen-bond acceptors (Lipinski definition) is 2. The summed E-state index contributed by atoms with van der Waals surface area (Å²) < 4.78 is 5.95. The molecule has 1 fully saturated rings. The second-order valence-corrected chi connectivity index (χ2v) is 4.33. The van der Waals surface area contributed by atoms with Crippen LogP contribution in [0.1, 0.15) is 11.1 Å². The van der Waals surface area contributed by atoms with Crippen LogP contribution in [0.4, 0.5) is 0 Å². The van der Waals surface area contributed by atoms with Gasteiger partial charge in [0.15, 0.2) is 0 Å². The quantitative estimate of drug-likeness (QED) is 0.661. The van der Waals surface area contributed by atoms with E-state index in [-0.39, 0.29) is 5.60 Å². The summed E-state index contributed by atoms with van der Waals surface area (Å²) in [6, 6.07) is 8.69. The standard InChI is InChI=1S/C12H15NO/c1-2-4-11-8-12(7-10(11)3-1)9-13-5-6-14-12/h1-4,13H,5-9H2. The first kappa shape index (κ1) is 8.45. The number of morpholine rings is 1. The summed E-state index contributed by atoms with van der Waals surface area (Å²) in [6.07, 6.45) is 2.16. The number of nitrogens with one attached hydrogen (secondary N) is 1. The Bertz CT molecular complexity index is 315. The van der Waals surface area contributed by atoms with Gasteiger partial charge in [0, 0.05) is 25.9 Å². The molecule has 0 atom stereocenters. The molecular weight excluding hydrogens is 174 g/mol. The molecule has 1 aromatic rings. The monoisotopic (exact) mass is 189 g/mol. The van der Waals surface area contributed by atoms with Gasteiger partial charge in [-0.15, -0.1) is 0 Å². The zero-order valence-electron chi connectivity index (χ0n) is 8.25. The summed E-state index contributed by atoms with van der Waals surface area (Å²) in [7, 11) is 0. The number of benzene rings is 1. The summed E-state index contributed by atoms with van der Waals surface area (Å²) in [5, 5.41) is 3.43. The maximum absolute atomic E-state index is 5.95. The van der Waals surface area contributed by atoms with Gasteiger partial charge in [-0.1, -0.05) is 24.3 Å². The molecule has 0 bridgehead atoms. The third kappa shape index (κ3) is 1.26. The minimum Gasteiger partial charge on any atom is -0.372 e. The number of rotatable bonds is 0. The topological polar surface area (TPSA) is 21.3 Å². The third-order valence-corrected chi connectivity index (χ3v) is 3.28. The molecule has 2 heteroatoms. The molecule has 2 aliphatic rings. The van der Waals surface area contributed by atoms with Crippen LogP contribution in [0.25, 0.3) is 0 Å². The van der Waals surface area contributed by atoms with Crippen LogP contribution >= 0.6 is 0 Å². The van der Waals surface area contributed by atoms with Crippen molar-refractivity contribution >= 4 is 0 Å². The van der Waals surface area contributed by atoms with Crippen LogP contribution in [0.2, 0.25) is 0 Å². The van der Waals surface area contributed by atoms with Gasteiger partial charge in [-0.05, 0) is 11.1 Å². The molecule has 0 saturated carbocycles. The van der Waals surface area contributed by atoms with Crippen molar-refractivity contribution < 1.29 is 4.74 Å². The molecule has 1 aliphatic heterocycles. The zero-order valence-corrected chi connectivity index (χ0v) is 8.25. The van der Waals surface area contributed by atoms with Crippen molar-refractivity contribution in [2.75, 3.05) is 19.7 Å². The predicted molar refractivity (Wildman–Crippen MR) is 55.4 cm³/mol. The van der Waals surface area contributed by atoms with Gasteiger partial charge in [-0.2, -0.15) is 0 Å². The van der Waals surface area contributed by atoms with Crippen LogP contribution in [0, 0.1) is 0 Å². The summed E-state index contributed by atoms with van der Waals surface area (Å²) >= 11 is 0. The fourth-order valence-electron chi connectivity index (χ4n) is 2.59. The van der Waals surface area contributed by atoms with Crippen molar-refractivity contribution in [3.05, 3.63) is 35.4 Å². The maximum atomic E-state index is 5.95. The molecule has 1 heterocycles. The van der Waals surface area contributed by atoms with Crippen molar-refractivity contribution in [2.45, 2.75) is 18.4 Å². The van der Waals surface area contributed by atoms with Gasteiger partial charge in [0.25, 0.3) is 0 Å². The lowest BCUT2D eigenvalue weighted by Crippen LogP contribution is -2.50. The van der Waals surface area contributed by atoms with E-state index < -0.39 is 0 Å². The molecule has 1 spiro atoms. The smallest absolute Gasteiger partial charge is 0.0887 e. The third-order valence-electron chi connectivity index (χ3n) is 3.28. The van der Waals surface area contributed by atoms with Gasteiger partial charge in [0.05, 0.1) is 12.2 Å². The van der Waals surface area contributed by atoms with Crippen molar-refractivity contribution in [2.24, 2.45) is 0 Å². The van der Waals surface area contributed by atoms with E-state index >= 15 is 0 Å². The Balaban J connectivity index is 1.89. The molecule has 74 valence electrons. The largest absolute Gasteiger partial charge is 0.372 e. The minimum absolute atomic E-state index is 0.0714. The SMILES string of the molecule is c1ccc2c(c1)CC1(CNCCO1)C2. The summed E-state index contributed by atoms with van der Waals surface area (Å²) in [5.41, 5.74) is 3.01. The van der Waals surface area contributed by atoms with Crippen LogP contribution < -0.4 is 5.32 Å². The molecule has 1 saturated heterocycles. The lowest BCUT2D eigenvalue weighted by Gasteiger charge is -2.34. The number of hydrogen-bond donors (Lipinski definition) is 1. The molecule has 2 nitrogen and oxygen atoms in total. The number of fused-ring (bicyclic) bond motifs is 1. The highest BCUT2D eigenvalue weighted by Gasteiger charge is 2.39. The van der Waals surface area contributed by atoms with Gasteiger partial charge in [0.1, 0.15) is 0 Å². The molecule has 0 amide bonds. The Labute approximate surface area is 84.3 Å². The summed E-state index contributed by atoms with van der Waals surface area (Å²) in [4.78, 5) is 0. The van der Waals surface area contributed by atoms with E-state index in [1.54, 1.807) is 0 Å². The lowest BCUT2D eigenvalue weighted by atomic mass is 9.99. The normalized spacial score (nSPS) is 23.7. The summed E-state index contributed by atoms with van der Waals surface area (Å²) in [5.74, 6) is 0. The van der Waals surface area contributed by atoms with E-state index in [1.165, 1.54) is 11.1 Å². The van der Waals surface area contributed by atoms with Gasteiger partial charge >= 0.3 is 0 Å². The molecule has 0 aromatic heterocycles. The molecule has 14 heavy (non-hydrogen) atoms. The van der Waals surface area contributed by atoms with Crippen LogP contribution in [-0.4, -0.2) is 25.3 Å². The fourth-order valence-corrected chi connectivity index (χ4v) is 2.59. The van der Waals surface area contributed by atoms with E-state index in [2.05, 4.69) is 29.6 Å². The molecule has 0 unspecified atom stereocenters. The highest BCUT2D eigenvalue weighted by atomic mass is 16.5. The average Bonchev–Trinajstić information content (AvgIpc) is 2.56. The molecule has 1 aliphatic carbocycles. The van der Waals surface area contributed by atoms with Crippen LogP contribution in [-0.2, 0) is 17.6 Å². The van der Waals surface area contributed by atoms with Crippen molar-refractivity contribution in [1.29, 1.82) is 0 Å². The average molecular weight is 189 g/mol. The molecule has 3 rings (SSSR count). The van der Waals surface area contributed by atoms with E-state index in [9.17, 15) is 0 Å². The van der Waals surface area contributed by atoms with Crippen molar-refractivity contribution in [1.82, 2.24) is 5.32 Å². The lowest BCUT2D eigenvalue weighted by molar-refractivity contribution is -0.0580. The number of ether oxygens (including phenoxy) is 1. The molecular formula is C12H15NO. The van der Waals surface area contributed by atoms with Crippen molar-refractivity contribution in [3.8, 4) is 0 Å². The zero-order chi connectivity index (χ0) is 9.43. The Hall–Kier alpha value is -0.860. The second kappa shape index (κ2) is 3.07. The molecule has 1 aromatic carbocycles. The Morgan fingerprint density at radius 3 is 2.43 bits per heavy atom. The van der Waals surface area contributed by atoms with Crippen LogP contribution in [0.3, 0.4) is 0 Å². The van der Waals surface area contributed by atoms with Gasteiger partial charge in [-0.25, -0.2) is 0 Å².